The number of hydrogen-bond donors (Lipinski definition) is 1. The minimum Gasteiger partial charge on any atom is -0.497 e. The lowest BCUT2D eigenvalue weighted by molar-refractivity contribution is -0.139. The molecule has 28 heavy (non-hydrogen) atoms. The van der Waals surface area contributed by atoms with Crippen LogP contribution in [0.2, 0.25) is 5.02 Å². The quantitative estimate of drug-likeness (QED) is 0.767. The van der Waals surface area contributed by atoms with Gasteiger partial charge in [0.25, 0.3) is 0 Å². The third kappa shape index (κ3) is 5.05. The van der Waals surface area contributed by atoms with E-state index in [4.69, 9.17) is 16.3 Å². The fourth-order valence-corrected chi connectivity index (χ4v) is 3.90. The van der Waals surface area contributed by atoms with Gasteiger partial charge in [0.2, 0.25) is 5.91 Å². The zero-order chi connectivity index (χ0) is 20.1. The second-order valence-corrected chi connectivity index (χ2v) is 7.77. The molecular weight excluding hydrogens is 400 g/mol. The number of aliphatic carboxylic acids is 1. The number of hydrogen-bond acceptors (Lipinski definition) is 5. The number of carboxylic acid groups (broad SMARTS) is 1. The molecule has 0 bridgehead atoms. The van der Waals surface area contributed by atoms with Crippen LogP contribution < -0.4 is 4.74 Å². The monoisotopic (exact) mass is 418 g/mol. The van der Waals surface area contributed by atoms with Crippen LogP contribution in [0.15, 0.2) is 53.5 Å². The lowest BCUT2D eigenvalue weighted by Gasteiger charge is -2.30. The van der Waals surface area contributed by atoms with Crippen LogP contribution in [-0.2, 0) is 16.0 Å². The molecule has 0 saturated carbocycles. The van der Waals surface area contributed by atoms with E-state index in [9.17, 15) is 14.7 Å². The summed E-state index contributed by atoms with van der Waals surface area (Å²) < 4.78 is 5.15. The second-order valence-electron chi connectivity index (χ2n) is 6.16. The fourth-order valence-electron chi connectivity index (χ4n) is 2.71. The predicted molar refractivity (Wildman–Crippen MR) is 111 cm³/mol. The average Bonchev–Trinajstić information content (AvgIpc) is 2.69. The maximum atomic E-state index is 12.6. The van der Waals surface area contributed by atoms with Crippen LogP contribution in [0.5, 0.6) is 5.75 Å². The molecule has 1 N–H and O–H groups in total. The Morgan fingerprint density at radius 1 is 1.25 bits per heavy atom. The zero-order valence-electron chi connectivity index (χ0n) is 15.2. The van der Waals surface area contributed by atoms with Crippen molar-refractivity contribution < 1.29 is 19.4 Å². The first-order chi connectivity index (χ1) is 13.5. The lowest BCUT2D eigenvalue weighted by Crippen LogP contribution is -2.44. The molecule has 6 nitrogen and oxygen atoms in total. The molecule has 1 atom stereocenters. The fraction of sp³-hybridized carbons (Fsp3) is 0.250. The standard InChI is InChI=1S/C20H19ClN2O4S/c1-27-16-8-2-13(3-9-16)10-11-23-18(24)12-17(19(25)26)28-20(23)22-15-6-4-14(21)5-7-15/h2-9,17H,10-12H2,1H3,(H,25,26). The van der Waals surface area contributed by atoms with Crippen LogP contribution in [0.1, 0.15) is 12.0 Å². The van der Waals surface area contributed by atoms with Crippen LogP contribution in [0, 0.1) is 0 Å². The molecule has 0 aliphatic carbocycles. The molecule has 1 heterocycles. The van der Waals surface area contributed by atoms with Crippen molar-refractivity contribution in [2.75, 3.05) is 13.7 Å². The molecule has 146 valence electrons. The molecule has 1 saturated heterocycles. The van der Waals surface area contributed by atoms with E-state index in [2.05, 4.69) is 4.99 Å². The Hall–Kier alpha value is -2.51. The number of benzene rings is 2. The van der Waals surface area contributed by atoms with Crippen LogP contribution in [0.4, 0.5) is 5.69 Å². The average molecular weight is 419 g/mol. The van der Waals surface area contributed by atoms with E-state index in [0.717, 1.165) is 23.1 Å². The molecule has 1 unspecified atom stereocenters. The SMILES string of the molecule is COc1ccc(CCN2C(=O)CC(C(=O)O)SC2=Nc2ccc(Cl)cc2)cc1. The Labute approximate surface area is 172 Å². The van der Waals surface area contributed by atoms with Gasteiger partial charge in [0.05, 0.1) is 19.2 Å². The number of amides is 1. The number of rotatable bonds is 6. The van der Waals surface area contributed by atoms with E-state index in [0.29, 0.717) is 28.8 Å². The molecule has 8 heteroatoms. The number of aliphatic imine (C=N–C) groups is 1. The Morgan fingerprint density at radius 2 is 1.93 bits per heavy atom. The normalized spacial score (nSPS) is 18.4. The summed E-state index contributed by atoms with van der Waals surface area (Å²) in [6.45, 7) is 0.414. The van der Waals surface area contributed by atoms with Gasteiger partial charge < -0.3 is 9.84 Å². The number of carboxylic acids is 1. The van der Waals surface area contributed by atoms with E-state index in [1.165, 1.54) is 0 Å². The lowest BCUT2D eigenvalue weighted by atomic mass is 10.1. The van der Waals surface area contributed by atoms with Crippen molar-refractivity contribution in [3.05, 3.63) is 59.1 Å². The van der Waals surface area contributed by atoms with Crippen molar-refractivity contribution in [2.45, 2.75) is 18.1 Å². The smallest absolute Gasteiger partial charge is 0.317 e. The third-order valence-electron chi connectivity index (χ3n) is 4.25. The molecule has 3 rings (SSSR count). The Bertz CT molecular complexity index is 884. The van der Waals surface area contributed by atoms with Gasteiger partial charge in [-0.2, -0.15) is 0 Å². The largest absolute Gasteiger partial charge is 0.497 e. The number of methoxy groups -OCH3 is 1. The highest BCUT2D eigenvalue weighted by Gasteiger charge is 2.35. The number of thioether (sulfide) groups is 1. The summed E-state index contributed by atoms with van der Waals surface area (Å²) in [5, 5.41) is 9.47. The number of ether oxygens (including phenoxy) is 1. The molecule has 2 aromatic carbocycles. The topological polar surface area (TPSA) is 79.2 Å². The highest BCUT2D eigenvalue weighted by atomic mass is 35.5. The van der Waals surface area contributed by atoms with Gasteiger partial charge in [0, 0.05) is 11.6 Å². The number of amidine groups is 1. The van der Waals surface area contributed by atoms with Crippen LogP contribution >= 0.6 is 23.4 Å². The molecule has 2 aromatic rings. The molecule has 1 amide bonds. The van der Waals surface area contributed by atoms with E-state index >= 15 is 0 Å². The van der Waals surface area contributed by atoms with E-state index < -0.39 is 11.2 Å². The first kappa shape index (κ1) is 20.2. The van der Waals surface area contributed by atoms with E-state index in [1.54, 1.807) is 36.3 Å². The molecule has 1 aliphatic heterocycles. The highest BCUT2D eigenvalue weighted by molar-refractivity contribution is 8.15. The maximum absolute atomic E-state index is 12.6. The van der Waals surface area contributed by atoms with Gasteiger partial charge in [-0.1, -0.05) is 35.5 Å². The van der Waals surface area contributed by atoms with Gasteiger partial charge in [-0.3, -0.25) is 14.5 Å². The molecule has 0 aromatic heterocycles. The Balaban J connectivity index is 1.81. The van der Waals surface area contributed by atoms with Crippen LogP contribution in [0.3, 0.4) is 0 Å². The predicted octanol–water partition coefficient (Wildman–Crippen LogP) is 4.00. The van der Waals surface area contributed by atoms with Crippen molar-refractivity contribution >= 4 is 46.1 Å². The Kier molecular flexibility index (Phi) is 6.59. The number of carbonyl (C=O) groups excluding carboxylic acids is 1. The van der Waals surface area contributed by atoms with Gasteiger partial charge in [-0.25, -0.2) is 4.99 Å². The second kappa shape index (κ2) is 9.12. The summed E-state index contributed by atoms with van der Waals surface area (Å²) >= 11 is 7.00. The minimum absolute atomic E-state index is 0.0533. The zero-order valence-corrected chi connectivity index (χ0v) is 16.7. The van der Waals surface area contributed by atoms with Gasteiger partial charge in [0.1, 0.15) is 11.0 Å². The third-order valence-corrected chi connectivity index (χ3v) is 5.68. The van der Waals surface area contributed by atoms with Crippen molar-refractivity contribution in [2.24, 2.45) is 4.99 Å². The molecule has 1 aliphatic rings. The summed E-state index contributed by atoms with van der Waals surface area (Å²) in [6, 6.07) is 14.5. The van der Waals surface area contributed by atoms with Crippen molar-refractivity contribution in [3.8, 4) is 5.75 Å². The van der Waals surface area contributed by atoms with Gasteiger partial charge >= 0.3 is 5.97 Å². The summed E-state index contributed by atoms with van der Waals surface area (Å²) in [5.74, 6) is -0.494. The summed E-state index contributed by atoms with van der Waals surface area (Å²) in [6.07, 6.45) is 0.565. The van der Waals surface area contributed by atoms with Gasteiger partial charge in [-0.05, 0) is 48.4 Å². The Morgan fingerprint density at radius 3 is 2.54 bits per heavy atom. The molecule has 0 spiro atoms. The van der Waals surface area contributed by atoms with Gasteiger partial charge in [-0.15, -0.1) is 0 Å². The van der Waals surface area contributed by atoms with Crippen LogP contribution in [-0.4, -0.2) is 46.0 Å². The van der Waals surface area contributed by atoms with E-state index in [1.807, 2.05) is 24.3 Å². The number of carbonyl (C=O) groups is 2. The molecule has 1 fully saturated rings. The summed E-state index contributed by atoms with van der Waals surface area (Å²) in [4.78, 5) is 30.1. The number of halogens is 1. The molecule has 0 radical (unpaired) electrons. The maximum Gasteiger partial charge on any atom is 0.317 e. The summed E-state index contributed by atoms with van der Waals surface area (Å²) in [5.41, 5.74) is 1.66. The van der Waals surface area contributed by atoms with Crippen molar-refractivity contribution in [1.82, 2.24) is 4.90 Å². The first-order valence-electron chi connectivity index (χ1n) is 8.63. The number of nitrogens with zero attached hydrogens (tertiary/aromatic N) is 2. The van der Waals surface area contributed by atoms with Crippen molar-refractivity contribution in [1.29, 1.82) is 0 Å². The molecular formula is C20H19ClN2O4S. The van der Waals surface area contributed by atoms with Crippen LogP contribution in [0.25, 0.3) is 0 Å². The minimum atomic E-state index is -1.02. The van der Waals surface area contributed by atoms with Gasteiger partial charge in [0.15, 0.2) is 5.17 Å². The van der Waals surface area contributed by atoms with Crippen molar-refractivity contribution in [3.63, 3.8) is 0 Å². The summed E-state index contributed by atoms with van der Waals surface area (Å²) in [7, 11) is 1.61. The van der Waals surface area contributed by atoms with E-state index in [-0.39, 0.29) is 12.3 Å². The highest BCUT2D eigenvalue weighted by Crippen LogP contribution is 2.29. The first-order valence-corrected chi connectivity index (χ1v) is 9.89.